The average molecular weight is 243 g/mol. The molecule has 0 unspecified atom stereocenters. The predicted octanol–water partition coefficient (Wildman–Crippen LogP) is 2.53. The van der Waals surface area contributed by atoms with Crippen LogP contribution in [-0.4, -0.2) is 10.9 Å². The Morgan fingerprint density at radius 2 is 2.23 bits per heavy atom. The summed E-state index contributed by atoms with van der Waals surface area (Å²) in [7, 11) is 0. The molecular weight excluding hydrogens is 232 g/mol. The topological polar surface area (TPSA) is 37.3 Å². The Morgan fingerprint density at radius 3 is 2.77 bits per heavy atom. The Balaban J connectivity index is 3.06. The molecule has 0 bridgehead atoms. The fraction of sp³-hybridized carbons (Fsp3) is 0.300. The number of carbonyl (C=O) groups excluding carboxylic acids is 1. The van der Waals surface area contributed by atoms with E-state index in [4.69, 9.17) is 5.11 Å². The van der Waals surface area contributed by atoms with E-state index in [1.54, 1.807) is 18.2 Å². The predicted molar refractivity (Wildman–Crippen MR) is 54.7 cm³/mol. The Kier molecular flexibility index (Phi) is 3.63. The summed E-state index contributed by atoms with van der Waals surface area (Å²) in [6, 6.07) is 5.26. The minimum atomic E-state index is -0.0502. The molecule has 70 valence electrons. The van der Waals surface area contributed by atoms with Crippen molar-refractivity contribution in [2.45, 2.75) is 20.0 Å². The van der Waals surface area contributed by atoms with Gasteiger partial charge in [-0.25, -0.2) is 0 Å². The lowest BCUT2D eigenvalue weighted by molar-refractivity contribution is 0.0988. The second kappa shape index (κ2) is 4.53. The molecule has 1 aromatic carbocycles. The van der Waals surface area contributed by atoms with Crippen LogP contribution < -0.4 is 0 Å². The van der Waals surface area contributed by atoms with E-state index in [2.05, 4.69) is 15.9 Å². The molecule has 1 N–H and O–H groups in total. The van der Waals surface area contributed by atoms with Gasteiger partial charge in [0, 0.05) is 16.5 Å². The van der Waals surface area contributed by atoms with Crippen molar-refractivity contribution in [3.05, 3.63) is 33.8 Å². The molecule has 2 nitrogen and oxygen atoms in total. The maximum atomic E-state index is 11.3. The van der Waals surface area contributed by atoms with Crippen LogP contribution in [0.1, 0.15) is 29.3 Å². The number of rotatable bonds is 3. The van der Waals surface area contributed by atoms with E-state index in [9.17, 15) is 4.79 Å². The molecule has 1 aromatic rings. The molecule has 0 aliphatic rings. The van der Waals surface area contributed by atoms with Gasteiger partial charge in [0.1, 0.15) is 0 Å². The monoisotopic (exact) mass is 242 g/mol. The van der Waals surface area contributed by atoms with Gasteiger partial charge in [0.25, 0.3) is 0 Å². The van der Waals surface area contributed by atoms with Crippen molar-refractivity contribution in [1.29, 1.82) is 0 Å². The summed E-state index contributed by atoms with van der Waals surface area (Å²) >= 11 is 3.29. The molecule has 0 aromatic heterocycles. The van der Waals surface area contributed by atoms with Gasteiger partial charge in [0.05, 0.1) is 6.61 Å². The number of ketones is 1. The van der Waals surface area contributed by atoms with E-state index < -0.39 is 0 Å². The van der Waals surface area contributed by atoms with Crippen molar-refractivity contribution in [3.63, 3.8) is 0 Å². The number of Topliss-reactive ketones (excluding diaryl/α,β-unsaturated/α-hetero) is 1. The summed E-state index contributed by atoms with van der Waals surface area (Å²) in [5.41, 5.74) is 1.41. The standard InChI is InChI=1S/C10H11BrO2/c1-2-10(13)7-3-4-9(11)8(5-7)6-12/h3-5,12H,2,6H2,1H3. The van der Waals surface area contributed by atoms with Crippen LogP contribution in [0.15, 0.2) is 22.7 Å². The number of benzene rings is 1. The normalized spacial score (nSPS) is 10.1. The molecule has 0 spiro atoms. The zero-order valence-electron chi connectivity index (χ0n) is 7.38. The molecule has 0 amide bonds. The van der Waals surface area contributed by atoms with Gasteiger partial charge in [-0.05, 0) is 17.7 Å². The van der Waals surface area contributed by atoms with Crippen molar-refractivity contribution < 1.29 is 9.90 Å². The van der Waals surface area contributed by atoms with Crippen LogP contribution in [0.3, 0.4) is 0 Å². The first-order valence-electron chi connectivity index (χ1n) is 4.11. The summed E-state index contributed by atoms with van der Waals surface area (Å²) in [6.07, 6.45) is 0.493. The Labute approximate surface area is 85.7 Å². The second-order valence-corrected chi connectivity index (χ2v) is 3.60. The molecule has 3 heteroatoms. The molecule has 13 heavy (non-hydrogen) atoms. The molecule has 0 atom stereocenters. The van der Waals surface area contributed by atoms with Crippen molar-refractivity contribution in [2.24, 2.45) is 0 Å². The van der Waals surface area contributed by atoms with Gasteiger partial charge in [-0.2, -0.15) is 0 Å². The number of hydrogen-bond acceptors (Lipinski definition) is 2. The minimum Gasteiger partial charge on any atom is -0.392 e. The van der Waals surface area contributed by atoms with Crippen molar-refractivity contribution in [2.75, 3.05) is 0 Å². The highest BCUT2D eigenvalue weighted by Gasteiger charge is 2.05. The van der Waals surface area contributed by atoms with E-state index in [1.165, 1.54) is 0 Å². The van der Waals surface area contributed by atoms with E-state index in [1.807, 2.05) is 6.92 Å². The smallest absolute Gasteiger partial charge is 0.162 e. The summed E-state index contributed by atoms with van der Waals surface area (Å²) in [5, 5.41) is 8.96. The first-order chi connectivity index (χ1) is 6.19. The third-order valence-electron chi connectivity index (χ3n) is 1.86. The van der Waals surface area contributed by atoms with Crippen LogP contribution in [-0.2, 0) is 6.61 Å². The van der Waals surface area contributed by atoms with E-state index >= 15 is 0 Å². The van der Waals surface area contributed by atoms with Crippen molar-refractivity contribution >= 4 is 21.7 Å². The van der Waals surface area contributed by atoms with Crippen LogP contribution in [0, 0.1) is 0 Å². The highest BCUT2D eigenvalue weighted by Crippen LogP contribution is 2.18. The molecule has 0 aliphatic heterocycles. The van der Waals surface area contributed by atoms with Gasteiger partial charge in [-0.1, -0.05) is 28.9 Å². The zero-order valence-corrected chi connectivity index (χ0v) is 8.97. The molecule has 0 fully saturated rings. The SMILES string of the molecule is CCC(=O)c1ccc(Br)c(CO)c1. The number of hydrogen-bond donors (Lipinski definition) is 1. The molecular formula is C10H11BrO2. The van der Waals surface area contributed by atoms with Crippen LogP contribution in [0.5, 0.6) is 0 Å². The third kappa shape index (κ3) is 2.39. The highest BCUT2D eigenvalue weighted by atomic mass is 79.9. The number of aliphatic hydroxyl groups excluding tert-OH is 1. The largest absolute Gasteiger partial charge is 0.392 e. The van der Waals surface area contributed by atoms with Crippen LogP contribution >= 0.6 is 15.9 Å². The van der Waals surface area contributed by atoms with Crippen LogP contribution in [0.25, 0.3) is 0 Å². The Morgan fingerprint density at radius 1 is 1.54 bits per heavy atom. The summed E-state index contributed by atoms with van der Waals surface area (Å²) in [6.45, 7) is 1.77. The van der Waals surface area contributed by atoms with E-state index in [0.29, 0.717) is 12.0 Å². The average Bonchev–Trinajstić information content (AvgIpc) is 2.17. The molecule has 0 aliphatic carbocycles. The Bertz CT molecular complexity index is 321. The quantitative estimate of drug-likeness (QED) is 0.828. The highest BCUT2D eigenvalue weighted by molar-refractivity contribution is 9.10. The zero-order chi connectivity index (χ0) is 9.84. The van der Waals surface area contributed by atoms with Gasteiger partial charge in [0.2, 0.25) is 0 Å². The Hall–Kier alpha value is -0.670. The van der Waals surface area contributed by atoms with Gasteiger partial charge in [0.15, 0.2) is 5.78 Å². The number of aliphatic hydroxyl groups is 1. The van der Waals surface area contributed by atoms with Gasteiger partial charge >= 0.3 is 0 Å². The lowest BCUT2D eigenvalue weighted by Crippen LogP contribution is -1.98. The first-order valence-corrected chi connectivity index (χ1v) is 4.90. The molecule has 0 saturated heterocycles. The van der Waals surface area contributed by atoms with E-state index in [0.717, 1.165) is 10.0 Å². The van der Waals surface area contributed by atoms with Crippen molar-refractivity contribution in [1.82, 2.24) is 0 Å². The summed E-state index contributed by atoms with van der Waals surface area (Å²) in [5.74, 6) is 0.0993. The first kappa shape index (κ1) is 10.4. The second-order valence-electron chi connectivity index (χ2n) is 2.74. The molecule has 1 rings (SSSR count). The number of carbonyl (C=O) groups is 1. The van der Waals surface area contributed by atoms with Crippen LogP contribution in [0.2, 0.25) is 0 Å². The fourth-order valence-corrected chi connectivity index (χ4v) is 1.45. The molecule has 0 saturated carbocycles. The minimum absolute atomic E-state index is 0.0502. The third-order valence-corrected chi connectivity index (χ3v) is 2.63. The van der Waals surface area contributed by atoms with E-state index in [-0.39, 0.29) is 12.4 Å². The van der Waals surface area contributed by atoms with Crippen LogP contribution in [0.4, 0.5) is 0 Å². The maximum Gasteiger partial charge on any atom is 0.162 e. The summed E-state index contributed by atoms with van der Waals surface area (Å²) < 4.78 is 0.836. The molecule has 0 radical (unpaired) electrons. The summed E-state index contributed by atoms with van der Waals surface area (Å²) in [4.78, 5) is 11.3. The fourth-order valence-electron chi connectivity index (χ4n) is 1.07. The number of halogens is 1. The molecule has 0 heterocycles. The van der Waals surface area contributed by atoms with Crippen molar-refractivity contribution in [3.8, 4) is 0 Å². The van der Waals surface area contributed by atoms with Gasteiger partial charge in [-0.3, -0.25) is 4.79 Å². The lowest BCUT2D eigenvalue weighted by atomic mass is 10.1. The maximum absolute atomic E-state index is 11.3. The lowest BCUT2D eigenvalue weighted by Gasteiger charge is -2.03. The van der Waals surface area contributed by atoms with Gasteiger partial charge < -0.3 is 5.11 Å². The van der Waals surface area contributed by atoms with Gasteiger partial charge in [-0.15, -0.1) is 0 Å².